The fraction of sp³-hybridized carbons (Fsp3) is 0.0769. The maximum atomic E-state index is 11.3. The number of rotatable bonds is 3. The first-order chi connectivity index (χ1) is 9.52. The van der Waals surface area contributed by atoms with Crippen molar-refractivity contribution in [2.45, 2.75) is 4.21 Å². The van der Waals surface area contributed by atoms with Gasteiger partial charge in [0.05, 0.1) is 4.21 Å². The lowest BCUT2D eigenvalue weighted by molar-refractivity contribution is 0.0692. The van der Waals surface area contributed by atoms with Crippen LogP contribution in [0.4, 0.5) is 0 Å². The van der Waals surface area contributed by atoms with Gasteiger partial charge in [-0.2, -0.15) is 0 Å². The Hall–Kier alpha value is -1.57. The fourth-order valence-corrected chi connectivity index (χ4v) is 5.15. The second kappa shape index (κ2) is 4.76. The Bertz CT molecular complexity index is 859. The van der Waals surface area contributed by atoms with Gasteiger partial charge in [-0.3, -0.25) is 0 Å². The first-order valence-corrected chi connectivity index (χ1v) is 8.38. The van der Waals surface area contributed by atoms with Crippen molar-refractivity contribution in [2.75, 3.05) is 6.26 Å². The first-order valence-electron chi connectivity index (χ1n) is 5.52. The van der Waals surface area contributed by atoms with E-state index in [9.17, 15) is 14.7 Å². The second-order valence-electron chi connectivity index (χ2n) is 4.05. The monoisotopic (exact) mass is 324 g/mol. The topological polar surface area (TPSA) is 74.6 Å². The van der Waals surface area contributed by atoms with Crippen molar-refractivity contribution in [3.05, 3.63) is 28.0 Å². The maximum Gasteiger partial charge on any atom is 0.346 e. The first kappa shape index (κ1) is 13.4. The molecule has 0 bridgehead atoms. The van der Waals surface area contributed by atoms with Crippen molar-refractivity contribution in [1.29, 1.82) is 0 Å². The Balaban J connectivity index is 2.46. The molecule has 0 aliphatic rings. The van der Waals surface area contributed by atoms with E-state index < -0.39 is 11.9 Å². The molecule has 3 rings (SSSR count). The highest BCUT2D eigenvalue weighted by atomic mass is 32.2. The molecule has 7 heteroatoms. The quantitative estimate of drug-likeness (QED) is 0.705. The van der Waals surface area contributed by atoms with Crippen molar-refractivity contribution < 1.29 is 19.8 Å². The number of benzene rings is 1. The molecule has 3 aromatic rings. The summed E-state index contributed by atoms with van der Waals surface area (Å²) >= 11 is 3.91. The summed E-state index contributed by atoms with van der Waals surface area (Å²) in [5, 5.41) is 20.7. The molecule has 2 heterocycles. The van der Waals surface area contributed by atoms with Gasteiger partial charge in [0.15, 0.2) is 0 Å². The van der Waals surface area contributed by atoms with Gasteiger partial charge in [-0.1, -0.05) is 12.1 Å². The summed E-state index contributed by atoms with van der Waals surface area (Å²) in [7, 11) is 0. The van der Waals surface area contributed by atoms with Crippen LogP contribution in [-0.2, 0) is 0 Å². The molecule has 2 aromatic heterocycles. The third-order valence-corrected chi connectivity index (χ3v) is 6.39. The maximum absolute atomic E-state index is 11.3. The Kier molecular flexibility index (Phi) is 3.19. The molecular formula is C13H8O4S3. The van der Waals surface area contributed by atoms with Gasteiger partial charge >= 0.3 is 11.9 Å². The lowest BCUT2D eigenvalue weighted by Gasteiger charge is -1.96. The van der Waals surface area contributed by atoms with Crippen molar-refractivity contribution in [3.8, 4) is 0 Å². The number of thiophene rings is 2. The summed E-state index contributed by atoms with van der Waals surface area (Å²) in [5.41, 5.74) is 0. The number of carboxylic acid groups (broad SMARTS) is 2. The summed E-state index contributed by atoms with van der Waals surface area (Å²) in [6, 6.07) is 5.17. The molecule has 0 aliphatic heterocycles. The third kappa shape index (κ3) is 1.90. The van der Waals surface area contributed by atoms with Crippen LogP contribution in [0.2, 0.25) is 0 Å². The molecule has 0 saturated heterocycles. The third-order valence-electron chi connectivity index (χ3n) is 2.92. The highest BCUT2D eigenvalue weighted by Crippen LogP contribution is 2.43. The van der Waals surface area contributed by atoms with Crippen LogP contribution in [0.15, 0.2) is 22.4 Å². The SMILES string of the molecule is CSc1sc(C(=O)O)c2ccc3cc(C(=O)O)sc3c12. The van der Waals surface area contributed by atoms with Crippen molar-refractivity contribution in [2.24, 2.45) is 0 Å². The molecule has 0 spiro atoms. The van der Waals surface area contributed by atoms with E-state index in [0.717, 1.165) is 19.7 Å². The summed E-state index contributed by atoms with van der Waals surface area (Å²) in [6.45, 7) is 0. The lowest BCUT2D eigenvalue weighted by Crippen LogP contribution is -1.91. The van der Waals surface area contributed by atoms with E-state index in [1.165, 1.54) is 34.4 Å². The molecule has 0 atom stereocenters. The standard InChI is InChI=1S/C13H8O4S3/c1-18-13-8-6(10(20-13)12(16)17)3-2-5-4-7(11(14)15)19-9(5)8/h2-4H,1H3,(H,14,15)(H,16,17). The van der Waals surface area contributed by atoms with Gasteiger partial charge in [0.1, 0.15) is 9.75 Å². The van der Waals surface area contributed by atoms with Crippen LogP contribution in [0.5, 0.6) is 0 Å². The van der Waals surface area contributed by atoms with Gasteiger partial charge in [0.2, 0.25) is 0 Å². The van der Waals surface area contributed by atoms with Crippen molar-refractivity contribution >= 4 is 67.2 Å². The molecule has 0 amide bonds. The summed E-state index contributed by atoms with van der Waals surface area (Å²) in [5.74, 6) is -1.91. The Morgan fingerprint density at radius 3 is 2.50 bits per heavy atom. The van der Waals surface area contributed by atoms with E-state index in [0.29, 0.717) is 10.3 Å². The van der Waals surface area contributed by atoms with E-state index in [4.69, 9.17) is 5.11 Å². The second-order valence-corrected chi connectivity index (χ2v) is 7.20. The highest BCUT2D eigenvalue weighted by molar-refractivity contribution is 8.00. The number of aromatic carboxylic acids is 2. The number of carboxylic acids is 2. The molecule has 0 fully saturated rings. The molecule has 0 saturated carbocycles. The zero-order valence-corrected chi connectivity index (χ0v) is 12.6. The number of hydrogen-bond donors (Lipinski definition) is 2. The average Bonchev–Trinajstić information content (AvgIpc) is 2.99. The minimum absolute atomic E-state index is 0.266. The molecule has 20 heavy (non-hydrogen) atoms. The van der Waals surface area contributed by atoms with E-state index in [1.54, 1.807) is 18.2 Å². The van der Waals surface area contributed by atoms with Gasteiger partial charge < -0.3 is 10.2 Å². The number of carbonyl (C=O) groups is 2. The van der Waals surface area contributed by atoms with Crippen LogP contribution < -0.4 is 0 Å². The van der Waals surface area contributed by atoms with Gasteiger partial charge in [0.25, 0.3) is 0 Å². The Labute approximate surface area is 125 Å². The molecule has 4 nitrogen and oxygen atoms in total. The molecule has 0 radical (unpaired) electrons. The highest BCUT2D eigenvalue weighted by Gasteiger charge is 2.20. The van der Waals surface area contributed by atoms with Crippen LogP contribution in [0.25, 0.3) is 20.9 Å². The van der Waals surface area contributed by atoms with E-state index >= 15 is 0 Å². The van der Waals surface area contributed by atoms with Gasteiger partial charge in [-0.15, -0.1) is 34.4 Å². The molecular weight excluding hydrogens is 316 g/mol. The number of thioether (sulfide) groups is 1. The predicted octanol–water partition coefficient (Wildman–Crippen LogP) is 4.23. The summed E-state index contributed by atoms with van der Waals surface area (Å²) in [4.78, 5) is 23.0. The molecule has 1 aromatic carbocycles. The molecule has 0 unspecified atom stereocenters. The van der Waals surface area contributed by atoms with Gasteiger partial charge in [0, 0.05) is 15.5 Å². The Morgan fingerprint density at radius 2 is 1.90 bits per heavy atom. The normalized spacial score (nSPS) is 11.2. The van der Waals surface area contributed by atoms with Crippen molar-refractivity contribution in [1.82, 2.24) is 0 Å². The zero-order valence-electron chi connectivity index (χ0n) is 10.2. The summed E-state index contributed by atoms with van der Waals surface area (Å²) in [6.07, 6.45) is 1.89. The van der Waals surface area contributed by atoms with E-state index in [1.807, 2.05) is 6.26 Å². The van der Waals surface area contributed by atoms with Crippen LogP contribution in [0, 0.1) is 0 Å². The largest absolute Gasteiger partial charge is 0.477 e. The predicted molar refractivity (Wildman–Crippen MR) is 82.9 cm³/mol. The summed E-state index contributed by atoms with van der Waals surface area (Å²) < 4.78 is 1.75. The number of hydrogen-bond acceptors (Lipinski definition) is 5. The average molecular weight is 324 g/mol. The smallest absolute Gasteiger partial charge is 0.346 e. The fourth-order valence-electron chi connectivity index (χ4n) is 2.10. The van der Waals surface area contributed by atoms with E-state index in [-0.39, 0.29) is 4.88 Å². The van der Waals surface area contributed by atoms with E-state index in [2.05, 4.69) is 0 Å². The zero-order chi connectivity index (χ0) is 14.4. The minimum Gasteiger partial charge on any atom is -0.477 e. The number of fused-ring (bicyclic) bond motifs is 3. The van der Waals surface area contributed by atoms with Crippen molar-refractivity contribution in [3.63, 3.8) is 0 Å². The van der Waals surface area contributed by atoms with Crippen LogP contribution in [0.3, 0.4) is 0 Å². The van der Waals surface area contributed by atoms with Gasteiger partial charge in [-0.05, 0) is 17.7 Å². The molecule has 102 valence electrons. The Morgan fingerprint density at radius 1 is 1.15 bits per heavy atom. The lowest BCUT2D eigenvalue weighted by atomic mass is 10.1. The molecule has 0 aliphatic carbocycles. The van der Waals surface area contributed by atoms with Crippen LogP contribution in [-0.4, -0.2) is 28.4 Å². The minimum atomic E-state index is -0.960. The van der Waals surface area contributed by atoms with Gasteiger partial charge in [-0.25, -0.2) is 9.59 Å². The molecule has 2 N–H and O–H groups in total. The van der Waals surface area contributed by atoms with Crippen LogP contribution in [0.1, 0.15) is 19.3 Å². The van der Waals surface area contributed by atoms with Crippen LogP contribution >= 0.6 is 34.4 Å².